The van der Waals surface area contributed by atoms with Crippen molar-refractivity contribution < 1.29 is 19.2 Å². The number of urea groups is 1. The van der Waals surface area contributed by atoms with E-state index in [0.29, 0.717) is 11.4 Å². The molecule has 0 unspecified atom stereocenters. The van der Waals surface area contributed by atoms with Gasteiger partial charge in [0.05, 0.1) is 17.3 Å². The first kappa shape index (κ1) is 16.6. The Morgan fingerprint density at radius 3 is 2.08 bits per heavy atom. The van der Waals surface area contributed by atoms with Gasteiger partial charge >= 0.3 is 6.03 Å². The summed E-state index contributed by atoms with van der Waals surface area (Å²) in [6.07, 6.45) is 1.29. The molecule has 0 bridgehead atoms. The molecule has 1 atom stereocenters. The summed E-state index contributed by atoms with van der Waals surface area (Å²) in [6.45, 7) is 1.65. The van der Waals surface area contributed by atoms with Gasteiger partial charge in [-0.2, -0.15) is 10.1 Å². The summed E-state index contributed by atoms with van der Waals surface area (Å²) in [6, 6.07) is 8.15. The molecule has 5 amide bonds. The lowest BCUT2D eigenvalue weighted by atomic mass is 9.98. The lowest BCUT2D eigenvalue weighted by Crippen LogP contribution is -2.53. The van der Waals surface area contributed by atoms with Crippen LogP contribution in [0.4, 0.5) is 10.5 Å². The first-order chi connectivity index (χ1) is 11.8. The van der Waals surface area contributed by atoms with Gasteiger partial charge in [0.15, 0.2) is 0 Å². The Hall–Kier alpha value is -3.29. The maximum Gasteiger partial charge on any atom is 0.333 e. The smallest absolute Gasteiger partial charge is 0.271 e. The molecule has 8 nitrogen and oxygen atoms in total. The van der Waals surface area contributed by atoms with Crippen molar-refractivity contribution in [1.82, 2.24) is 9.80 Å². The van der Waals surface area contributed by atoms with E-state index in [2.05, 4.69) is 5.10 Å². The van der Waals surface area contributed by atoms with E-state index in [1.165, 1.54) is 25.2 Å². The number of carbonyl (C=O) groups excluding carboxylic acids is 4. The molecule has 25 heavy (non-hydrogen) atoms. The highest BCUT2D eigenvalue weighted by molar-refractivity contribution is 6.29. The number of para-hydroxylation sites is 1. The summed E-state index contributed by atoms with van der Waals surface area (Å²) >= 11 is 0. The molecule has 1 aromatic carbocycles. The topological polar surface area (TPSA) is 90.4 Å². The molecule has 1 fully saturated rings. The molecule has 0 spiro atoms. The molecule has 0 aromatic heterocycles. The summed E-state index contributed by atoms with van der Waals surface area (Å²) in [5.74, 6) is -2.66. The molecule has 0 saturated carbocycles. The monoisotopic (exact) mass is 340 g/mol. The molecule has 8 heteroatoms. The van der Waals surface area contributed by atoms with Crippen LogP contribution >= 0.6 is 0 Å². The Labute approximate surface area is 144 Å². The van der Waals surface area contributed by atoms with E-state index < -0.39 is 23.8 Å². The zero-order chi connectivity index (χ0) is 18.3. The Kier molecular flexibility index (Phi) is 3.96. The minimum atomic E-state index is -0.835. The van der Waals surface area contributed by atoms with Crippen LogP contribution in [-0.4, -0.2) is 53.4 Å². The van der Waals surface area contributed by atoms with Crippen LogP contribution in [0.5, 0.6) is 0 Å². The number of amides is 5. The zero-order valence-electron chi connectivity index (χ0n) is 14.0. The molecular formula is C17H16N4O4. The van der Waals surface area contributed by atoms with E-state index in [1.807, 2.05) is 6.07 Å². The fourth-order valence-corrected chi connectivity index (χ4v) is 2.69. The van der Waals surface area contributed by atoms with E-state index in [0.717, 1.165) is 9.80 Å². The van der Waals surface area contributed by atoms with E-state index in [-0.39, 0.29) is 11.5 Å². The molecule has 1 saturated heterocycles. The molecule has 0 N–H and O–H groups in total. The standard InChI is InChI=1S/C17H16N4O4/c1-10-12(16(24)21(18-10)11-7-5-4-6-8-11)9-13-14(22)19(2)17(25)20(3)15(13)23/h4-9,12H,1-3H3/t12-/m1/s1. The van der Waals surface area contributed by atoms with Gasteiger partial charge in [0.1, 0.15) is 5.57 Å². The highest BCUT2D eigenvalue weighted by Crippen LogP contribution is 2.26. The third-order valence-corrected chi connectivity index (χ3v) is 4.16. The number of barbiturate groups is 1. The predicted octanol–water partition coefficient (Wildman–Crippen LogP) is 1.00. The van der Waals surface area contributed by atoms with Crippen LogP contribution in [0.2, 0.25) is 0 Å². The molecule has 0 aliphatic carbocycles. The second-order valence-corrected chi connectivity index (χ2v) is 5.80. The maximum atomic E-state index is 12.7. The summed E-state index contributed by atoms with van der Waals surface area (Å²) in [7, 11) is 2.57. The van der Waals surface area contributed by atoms with Crippen molar-refractivity contribution in [3.8, 4) is 0 Å². The van der Waals surface area contributed by atoms with Gasteiger partial charge < -0.3 is 0 Å². The Bertz CT molecular complexity index is 817. The van der Waals surface area contributed by atoms with E-state index >= 15 is 0 Å². The number of hydrazone groups is 1. The lowest BCUT2D eigenvalue weighted by molar-refractivity contribution is -0.134. The van der Waals surface area contributed by atoms with Crippen LogP contribution in [0.25, 0.3) is 0 Å². The van der Waals surface area contributed by atoms with E-state index in [1.54, 1.807) is 31.2 Å². The average molecular weight is 340 g/mol. The van der Waals surface area contributed by atoms with Crippen LogP contribution < -0.4 is 5.01 Å². The number of likely N-dealkylation sites (N-methyl/N-ethyl adjacent to an activating group) is 2. The van der Waals surface area contributed by atoms with Gasteiger partial charge in [0.2, 0.25) is 0 Å². The fraction of sp³-hybridized carbons (Fsp3) is 0.235. The van der Waals surface area contributed by atoms with Crippen LogP contribution in [0.1, 0.15) is 6.92 Å². The second kappa shape index (κ2) is 5.97. The number of nitrogens with zero attached hydrogens (tertiary/aromatic N) is 4. The first-order valence-electron chi connectivity index (χ1n) is 7.59. The van der Waals surface area contributed by atoms with Gasteiger partial charge in [-0.3, -0.25) is 24.2 Å². The number of rotatable bonds is 2. The average Bonchev–Trinajstić information content (AvgIpc) is 2.90. The molecule has 128 valence electrons. The normalized spacial score (nSPS) is 21.2. The van der Waals surface area contributed by atoms with Gasteiger partial charge in [0, 0.05) is 14.1 Å². The summed E-state index contributed by atoms with van der Waals surface area (Å²) in [5.41, 5.74) is 0.843. The van der Waals surface area contributed by atoms with Gasteiger partial charge in [-0.1, -0.05) is 18.2 Å². The SMILES string of the molecule is CC1=NN(c2ccccc2)C(=O)[C@@H]1C=C1C(=O)N(C)C(=O)N(C)C1=O. The summed E-state index contributed by atoms with van der Waals surface area (Å²) in [5, 5.41) is 5.47. The highest BCUT2D eigenvalue weighted by Gasteiger charge is 2.41. The van der Waals surface area contributed by atoms with Crippen LogP contribution in [0, 0.1) is 5.92 Å². The fourth-order valence-electron chi connectivity index (χ4n) is 2.69. The molecule has 1 aromatic rings. The largest absolute Gasteiger partial charge is 0.333 e. The minimum Gasteiger partial charge on any atom is -0.271 e. The Morgan fingerprint density at radius 2 is 1.52 bits per heavy atom. The van der Waals surface area contributed by atoms with Gasteiger partial charge in [-0.25, -0.2) is 4.79 Å². The van der Waals surface area contributed by atoms with Crippen LogP contribution in [0.3, 0.4) is 0 Å². The van der Waals surface area contributed by atoms with Crippen molar-refractivity contribution in [2.45, 2.75) is 6.92 Å². The number of hydrogen-bond donors (Lipinski definition) is 0. The third-order valence-electron chi connectivity index (χ3n) is 4.16. The Balaban J connectivity index is 1.95. The van der Waals surface area contributed by atoms with Gasteiger partial charge in [-0.15, -0.1) is 0 Å². The van der Waals surface area contributed by atoms with Crippen molar-refractivity contribution in [2.24, 2.45) is 11.0 Å². The van der Waals surface area contributed by atoms with Crippen molar-refractivity contribution in [3.63, 3.8) is 0 Å². The van der Waals surface area contributed by atoms with E-state index in [4.69, 9.17) is 0 Å². The quantitative estimate of drug-likeness (QED) is 0.593. The second-order valence-electron chi connectivity index (χ2n) is 5.80. The van der Waals surface area contributed by atoms with Crippen molar-refractivity contribution >= 4 is 35.2 Å². The van der Waals surface area contributed by atoms with Crippen molar-refractivity contribution in [2.75, 3.05) is 19.1 Å². The highest BCUT2D eigenvalue weighted by atomic mass is 16.2. The lowest BCUT2D eigenvalue weighted by Gasteiger charge is -2.29. The van der Waals surface area contributed by atoms with Crippen molar-refractivity contribution in [1.29, 1.82) is 0 Å². The zero-order valence-corrected chi connectivity index (χ0v) is 14.0. The number of anilines is 1. The Morgan fingerprint density at radius 1 is 0.960 bits per heavy atom. The number of imide groups is 2. The van der Waals surface area contributed by atoms with Crippen LogP contribution in [-0.2, 0) is 14.4 Å². The van der Waals surface area contributed by atoms with Gasteiger partial charge in [0.25, 0.3) is 17.7 Å². The number of carbonyl (C=O) groups is 4. The molecule has 3 rings (SSSR count). The molecule has 0 radical (unpaired) electrons. The van der Waals surface area contributed by atoms with E-state index in [9.17, 15) is 19.2 Å². The van der Waals surface area contributed by atoms with Crippen LogP contribution in [0.15, 0.2) is 47.1 Å². The molecule has 2 aliphatic heterocycles. The van der Waals surface area contributed by atoms with Crippen molar-refractivity contribution in [3.05, 3.63) is 42.0 Å². The number of benzene rings is 1. The number of hydrogen-bond acceptors (Lipinski definition) is 5. The molecule has 2 heterocycles. The predicted molar refractivity (Wildman–Crippen MR) is 89.5 cm³/mol. The summed E-state index contributed by atoms with van der Waals surface area (Å²) in [4.78, 5) is 50.7. The maximum absolute atomic E-state index is 12.7. The molecular weight excluding hydrogens is 324 g/mol. The van der Waals surface area contributed by atoms with Gasteiger partial charge in [-0.05, 0) is 25.1 Å². The summed E-state index contributed by atoms with van der Waals surface area (Å²) < 4.78 is 0. The minimum absolute atomic E-state index is 0.215. The first-order valence-corrected chi connectivity index (χ1v) is 7.59. The third kappa shape index (κ3) is 2.61. The molecule has 2 aliphatic rings.